The molecular weight excluding hydrogens is 240 g/mol. The fourth-order valence-electron chi connectivity index (χ4n) is 1.52. The topological polar surface area (TPSA) is 90.9 Å². The molecule has 4 N–H and O–H groups in total. The number of carbonyl (C=O) groups excluding carboxylic acids is 1. The van der Waals surface area contributed by atoms with Gasteiger partial charge in [0.2, 0.25) is 5.91 Å². The van der Waals surface area contributed by atoms with Crippen molar-refractivity contribution in [3.05, 3.63) is 23.8 Å². The number of hydrogen-bond acceptors (Lipinski definition) is 4. The summed E-state index contributed by atoms with van der Waals surface area (Å²) in [5.74, 6) is 0.384. The lowest BCUT2D eigenvalue weighted by Gasteiger charge is -2.10. The third kappa shape index (κ3) is 5.30. The zero-order valence-corrected chi connectivity index (χ0v) is 11.4. The van der Waals surface area contributed by atoms with Gasteiger partial charge in [-0.1, -0.05) is 13.8 Å². The lowest BCUT2D eigenvalue weighted by atomic mass is 10.1. The van der Waals surface area contributed by atoms with Crippen molar-refractivity contribution in [3.8, 4) is 6.07 Å². The lowest BCUT2D eigenvalue weighted by Crippen LogP contribution is -2.32. The molecule has 0 aliphatic heterocycles. The molecule has 1 rings (SSSR count). The summed E-state index contributed by atoms with van der Waals surface area (Å²) in [6.45, 7) is 4.97. The second kappa shape index (κ2) is 7.27. The van der Waals surface area contributed by atoms with E-state index in [-0.39, 0.29) is 18.9 Å². The average Bonchev–Trinajstić information content (AvgIpc) is 2.37. The zero-order valence-electron chi connectivity index (χ0n) is 11.4. The van der Waals surface area contributed by atoms with Crippen LogP contribution in [-0.4, -0.2) is 19.0 Å². The molecular formula is C14H20N4O. The van der Waals surface area contributed by atoms with Gasteiger partial charge in [0.05, 0.1) is 19.0 Å². The maximum atomic E-state index is 11.5. The summed E-state index contributed by atoms with van der Waals surface area (Å²) in [6, 6.07) is 7.40. The number of benzene rings is 1. The first-order chi connectivity index (χ1) is 9.02. The molecule has 5 heteroatoms. The Kier molecular flexibility index (Phi) is 5.68. The Morgan fingerprint density at radius 3 is 2.84 bits per heavy atom. The Morgan fingerprint density at radius 1 is 1.47 bits per heavy atom. The van der Waals surface area contributed by atoms with Crippen LogP contribution in [0.2, 0.25) is 0 Å². The molecule has 19 heavy (non-hydrogen) atoms. The summed E-state index contributed by atoms with van der Waals surface area (Å²) in [5.41, 5.74) is 7.91. The summed E-state index contributed by atoms with van der Waals surface area (Å²) < 4.78 is 0. The summed E-state index contributed by atoms with van der Waals surface area (Å²) >= 11 is 0. The molecule has 0 aromatic heterocycles. The van der Waals surface area contributed by atoms with Gasteiger partial charge < -0.3 is 16.4 Å². The quantitative estimate of drug-likeness (QED) is 0.676. The van der Waals surface area contributed by atoms with Gasteiger partial charge in [0.15, 0.2) is 0 Å². The van der Waals surface area contributed by atoms with E-state index in [0.717, 1.165) is 11.3 Å². The Labute approximate surface area is 113 Å². The van der Waals surface area contributed by atoms with Crippen LogP contribution in [-0.2, 0) is 11.2 Å². The predicted octanol–water partition coefficient (Wildman–Crippen LogP) is 1.52. The molecule has 0 unspecified atom stereocenters. The van der Waals surface area contributed by atoms with Crippen LogP contribution in [0.1, 0.15) is 19.4 Å². The van der Waals surface area contributed by atoms with Crippen molar-refractivity contribution in [2.24, 2.45) is 5.92 Å². The maximum absolute atomic E-state index is 11.5. The molecule has 1 aromatic carbocycles. The molecule has 1 aromatic rings. The SMILES string of the molecule is CC(C)CNC(=O)CNc1ccc(N)c(CC#N)c1. The van der Waals surface area contributed by atoms with E-state index < -0.39 is 0 Å². The number of hydrogen-bond donors (Lipinski definition) is 3. The molecule has 0 aliphatic carbocycles. The van der Waals surface area contributed by atoms with Gasteiger partial charge in [-0.15, -0.1) is 0 Å². The fourth-order valence-corrected chi connectivity index (χ4v) is 1.52. The summed E-state index contributed by atoms with van der Waals surface area (Å²) in [7, 11) is 0. The number of rotatable bonds is 6. The number of anilines is 2. The molecule has 0 spiro atoms. The smallest absolute Gasteiger partial charge is 0.239 e. The standard InChI is InChI=1S/C14H20N4O/c1-10(2)8-18-14(19)9-17-12-3-4-13(16)11(7-12)5-6-15/h3-4,7,10,17H,5,8-9,16H2,1-2H3,(H,18,19). The largest absolute Gasteiger partial charge is 0.398 e. The molecule has 0 saturated carbocycles. The van der Waals surface area contributed by atoms with Crippen LogP contribution >= 0.6 is 0 Å². The van der Waals surface area contributed by atoms with E-state index in [4.69, 9.17) is 11.0 Å². The molecule has 1 amide bonds. The van der Waals surface area contributed by atoms with Crippen LogP contribution in [0.5, 0.6) is 0 Å². The molecule has 0 aliphatic rings. The summed E-state index contributed by atoms with van der Waals surface area (Å²) in [6.07, 6.45) is 0.265. The number of carbonyl (C=O) groups is 1. The highest BCUT2D eigenvalue weighted by Gasteiger charge is 2.04. The van der Waals surface area contributed by atoms with Gasteiger partial charge in [-0.3, -0.25) is 4.79 Å². The van der Waals surface area contributed by atoms with Crippen LogP contribution in [0.4, 0.5) is 11.4 Å². The lowest BCUT2D eigenvalue weighted by molar-refractivity contribution is -0.119. The number of nitrogens with zero attached hydrogens (tertiary/aromatic N) is 1. The van der Waals surface area contributed by atoms with E-state index in [9.17, 15) is 4.79 Å². The predicted molar refractivity (Wildman–Crippen MR) is 76.5 cm³/mol. The number of nitriles is 1. The van der Waals surface area contributed by atoms with E-state index in [0.29, 0.717) is 18.2 Å². The van der Waals surface area contributed by atoms with E-state index >= 15 is 0 Å². The number of amides is 1. The Bertz CT molecular complexity index is 477. The molecule has 0 radical (unpaired) electrons. The van der Waals surface area contributed by atoms with Crippen LogP contribution in [0.15, 0.2) is 18.2 Å². The van der Waals surface area contributed by atoms with Crippen molar-refractivity contribution in [2.45, 2.75) is 20.3 Å². The highest BCUT2D eigenvalue weighted by Crippen LogP contribution is 2.17. The van der Waals surface area contributed by atoms with Gasteiger partial charge in [-0.25, -0.2) is 0 Å². The highest BCUT2D eigenvalue weighted by molar-refractivity contribution is 5.80. The van der Waals surface area contributed by atoms with Gasteiger partial charge in [0.1, 0.15) is 0 Å². The molecule has 0 fully saturated rings. The Hall–Kier alpha value is -2.22. The van der Waals surface area contributed by atoms with Crippen molar-refractivity contribution in [3.63, 3.8) is 0 Å². The van der Waals surface area contributed by atoms with Gasteiger partial charge >= 0.3 is 0 Å². The van der Waals surface area contributed by atoms with E-state index in [1.807, 2.05) is 13.8 Å². The minimum Gasteiger partial charge on any atom is -0.398 e. The first-order valence-electron chi connectivity index (χ1n) is 6.29. The first kappa shape index (κ1) is 14.8. The van der Waals surface area contributed by atoms with E-state index in [2.05, 4.69) is 16.7 Å². The van der Waals surface area contributed by atoms with Crippen molar-refractivity contribution >= 4 is 17.3 Å². The molecule has 0 heterocycles. The van der Waals surface area contributed by atoms with Crippen LogP contribution < -0.4 is 16.4 Å². The number of nitrogens with two attached hydrogens (primary N) is 1. The summed E-state index contributed by atoms with van der Waals surface area (Å²) in [4.78, 5) is 11.5. The van der Waals surface area contributed by atoms with Crippen molar-refractivity contribution in [1.29, 1.82) is 5.26 Å². The van der Waals surface area contributed by atoms with Crippen molar-refractivity contribution in [2.75, 3.05) is 24.1 Å². The Balaban J connectivity index is 2.51. The maximum Gasteiger partial charge on any atom is 0.239 e. The van der Waals surface area contributed by atoms with E-state index in [1.165, 1.54) is 0 Å². The highest BCUT2D eigenvalue weighted by atomic mass is 16.1. The first-order valence-corrected chi connectivity index (χ1v) is 6.29. The van der Waals surface area contributed by atoms with Gasteiger partial charge in [-0.05, 0) is 29.7 Å². The molecule has 102 valence electrons. The third-order valence-electron chi connectivity index (χ3n) is 2.57. The van der Waals surface area contributed by atoms with Crippen LogP contribution in [0.3, 0.4) is 0 Å². The van der Waals surface area contributed by atoms with Crippen LogP contribution in [0.25, 0.3) is 0 Å². The summed E-state index contributed by atoms with van der Waals surface area (Å²) in [5, 5.41) is 14.5. The number of nitrogen functional groups attached to an aromatic ring is 1. The van der Waals surface area contributed by atoms with E-state index in [1.54, 1.807) is 18.2 Å². The molecule has 5 nitrogen and oxygen atoms in total. The fraction of sp³-hybridized carbons (Fsp3) is 0.429. The van der Waals surface area contributed by atoms with Gasteiger partial charge in [0.25, 0.3) is 0 Å². The zero-order chi connectivity index (χ0) is 14.3. The second-order valence-electron chi connectivity index (χ2n) is 4.80. The molecule has 0 bridgehead atoms. The van der Waals surface area contributed by atoms with Gasteiger partial charge in [0, 0.05) is 17.9 Å². The minimum atomic E-state index is -0.0487. The van der Waals surface area contributed by atoms with Crippen molar-refractivity contribution in [1.82, 2.24) is 5.32 Å². The third-order valence-corrected chi connectivity index (χ3v) is 2.57. The van der Waals surface area contributed by atoms with Crippen molar-refractivity contribution < 1.29 is 4.79 Å². The minimum absolute atomic E-state index is 0.0487. The van der Waals surface area contributed by atoms with Crippen LogP contribution in [0, 0.1) is 17.2 Å². The monoisotopic (exact) mass is 260 g/mol. The normalized spacial score (nSPS) is 10.0. The Morgan fingerprint density at radius 2 is 2.21 bits per heavy atom. The van der Waals surface area contributed by atoms with Gasteiger partial charge in [-0.2, -0.15) is 5.26 Å². The second-order valence-corrected chi connectivity index (χ2v) is 4.80. The number of nitrogens with one attached hydrogen (secondary N) is 2. The molecule has 0 atom stereocenters. The molecule has 0 saturated heterocycles. The average molecular weight is 260 g/mol.